The highest BCUT2D eigenvalue weighted by molar-refractivity contribution is 6.31. The quantitative estimate of drug-likeness (QED) is 0.886. The van der Waals surface area contributed by atoms with Gasteiger partial charge in [-0.1, -0.05) is 11.6 Å². The summed E-state index contributed by atoms with van der Waals surface area (Å²) in [6.45, 7) is -0.123. The average molecular weight is 322 g/mol. The standard InChI is InChI=1S/C16H16ClNO4/c1-20-12-4-6-13(7-5-12)22-10-16(19)18-14-9-11(17)3-8-15(14)21-2/h3-9H,10H2,1-2H3,(H,18,19). The highest BCUT2D eigenvalue weighted by Gasteiger charge is 2.09. The molecular formula is C16H16ClNO4. The van der Waals surface area contributed by atoms with Crippen LogP contribution >= 0.6 is 11.6 Å². The van der Waals surface area contributed by atoms with E-state index in [1.54, 1.807) is 49.6 Å². The lowest BCUT2D eigenvalue weighted by Gasteiger charge is -2.11. The van der Waals surface area contributed by atoms with Crippen molar-refractivity contribution < 1.29 is 19.0 Å². The molecule has 5 nitrogen and oxygen atoms in total. The molecule has 0 aliphatic carbocycles. The lowest BCUT2D eigenvalue weighted by atomic mass is 10.3. The molecule has 2 aromatic rings. The zero-order chi connectivity index (χ0) is 15.9. The third-order valence-corrected chi connectivity index (χ3v) is 3.10. The van der Waals surface area contributed by atoms with Gasteiger partial charge in [0.2, 0.25) is 0 Å². The van der Waals surface area contributed by atoms with Gasteiger partial charge in [0.1, 0.15) is 17.2 Å². The number of methoxy groups -OCH3 is 2. The van der Waals surface area contributed by atoms with Crippen molar-refractivity contribution >= 4 is 23.2 Å². The van der Waals surface area contributed by atoms with Crippen molar-refractivity contribution in [2.75, 3.05) is 26.1 Å². The minimum absolute atomic E-state index is 0.123. The molecule has 0 unspecified atom stereocenters. The Morgan fingerprint density at radius 3 is 2.36 bits per heavy atom. The predicted octanol–water partition coefficient (Wildman–Crippen LogP) is 3.37. The number of hydrogen-bond donors (Lipinski definition) is 1. The summed E-state index contributed by atoms with van der Waals surface area (Å²) in [5.74, 6) is 1.52. The number of anilines is 1. The molecule has 0 spiro atoms. The van der Waals surface area contributed by atoms with Crippen LogP contribution in [0.15, 0.2) is 42.5 Å². The minimum atomic E-state index is -0.309. The number of halogens is 1. The normalized spacial score (nSPS) is 9.95. The van der Waals surface area contributed by atoms with Crippen LogP contribution in [0.25, 0.3) is 0 Å². The summed E-state index contributed by atoms with van der Waals surface area (Å²) < 4.78 is 15.6. The second-order valence-electron chi connectivity index (χ2n) is 4.36. The van der Waals surface area contributed by atoms with Gasteiger partial charge >= 0.3 is 0 Å². The molecule has 0 aliphatic heterocycles. The summed E-state index contributed by atoms with van der Waals surface area (Å²) in [7, 11) is 3.11. The Bertz CT molecular complexity index is 643. The van der Waals surface area contributed by atoms with Gasteiger partial charge in [-0.3, -0.25) is 4.79 Å². The van der Waals surface area contributed by atoms with E-state index in [-0.39, 0.29) is 12.5 Å². The third-order valence-electron chi connectivity index (χ3n) is 2.86. The second-order valence-corrected chi connectivity index (χ2v) is 4.79. The first kappa shape index (κ1) is 16.0. The van der Waals surface area contributed by atoms with Gasteiger partial charge in [-0.05, 0) is 42.5 Å². The summed E-state index contributed by atoms with van der Waals surface area (Å²) in [6.07, 6.45) is 0. The van der Waals surface area contributed by atoms with Crippen LogP contribution in [0.5, 0.6) is 17.2 Å². The zero-order valence-corrected chi connectivity index (χ0v) is 13.0. The third kappa shape index (κ3) is 4.30. The molecule has 0 aliphatic rings. The van der Waals surface area contributed by atoms with Crippen molar-refractivity contribution in [3.63, 3.8) is 0 Å². The van der Waals surface area contributed by atoms with E-state index in [0.29, 0.717) is 22.2 Å². The van der Waals surface area contributed by atoms with Crippen LogP contribution < -0.4 is 19.5 Å². The topological polar surface area (TPSA) is 56.8 Å². The molecule has 0 saturated heterocycles. The molecule has 1 amide bonds. The van der Waals surface area contributed by atoms with Crippen LogP contribution in [0.2, 0.25) is 5.02 Å². The van der Waals surface area contributed by atoms with Crippen molar-refractivity contribution in [2.45, 2.75) is 0 Å². The number of ether oxygens (including phenoxy) is 3. The van der Waals surface area contributed by atoms with E-state index < -0.39 is 0 Å². The van der Waals surface area contributed by atoms with E-state index in [1.807, 2.05) is 0 Å². The molecule has 22 heavy (non-hydrogen) atoms. The molecule has 2 rings (SSSR count). The number of rotatable bonds is 6. The molecule has 0 heterocycles. The summed E-state index contributed by atoms with van der Waals surface area (Å²) >= 11 is 5.91. The van der Waals surface area contributed by atoms with Crippen molar-refractivity contribution in [2.24, 2.45) is 0 Å². The van der Waals surface area contributed by atoms with E-state index in [1.165, 1.54) is 7.11 Å². The van der Waals surface area contributed by atoms with Crippen LogP contribution in [0.3, 0.4) is 0 Å². The number of benzene rings is 2. The van der Waals surface area contributed by atoms with Crippen molar-refractivity contribution in [3.05, 3.63) is 47.5 Å². The molecule has 0 atom stereocenters. The monoisotopic (exact) mass is 321 g/mol. The average Bonchev–Trinajstić information content (AvgIpc) is 2.53. The van der Waals surface area contributed by atoms with E-state index in [9.17, 15) is 4.79 Å². The van der Waals surface area contributed by atoms with Gasteiger partial charge in [0.05, 0.1) is 19.9 Å². The van der Waals surface area contributed by atoms with E-state index in [4.69, 9.17) is 25.8 Å². The van der Waals surface area contributed by atoms with Crippen LogP contribution in [0.4, 0.5) is 5.69 Å². The molecule has 1 N–H and O–H groups in total. The number of amides is 1. The Hall–Kier alpha value is -2.40. The van der Waals surface area contributed by atoms with Crippen molar-refractivity contribution in [3.8, 4) is 17.2 Å². The summed E-state index contributed by atoms with van der Waals surface area (Å²) in [6, 6.07) is 12.0. The number of nitrogens with one attached hydrogen (secondary N) is 1. The van der Waals surface area contributed by atoms with Gasteiger partial charge in [-0.25, -0.2) is 0 Å². The van der Waals surface area contributed by atoms with Crippen LogP contribution in [0, 0.1) is 0 Å². The Morgan fingerprint density at radius 1 is 1.05 bits per heavy atom. The van der Waals surface area contributed by atoms with Crippen molar-refractivity contribution in [1.82, 2.24) is 0 Å². The second kappa shape index (κ2) is 7.56. The van der Waals surface area contributed by atoms with Gasteiger partial charge in [-0.2, -0.15) is 0 Å². The number of carbonyl (C=O) groups excluding carboxylic acids is 1. The first-order chi connectivity index (χ1) is 10.6. The largest absolute Gasteiger partial charge is 0.497 e. The molecule has 0 saturated carbocycles. The predicted molar refractivity (Wildman–Crippen MR) is 85.1 cm³/mol. The van der Waals surface area contributed by atoms with Gasteiger partial charge in [-0.15, -0.1) is 0 Å². The fourth-order valence-corrected chi connectivity index (χ4v) is 1.96. The summed E-state index contributed by atoms with van der Waals surface area (Å²) in [5.41, 5.74) is 0.498. The van der Waals surface area contributed by atoms with Crippen molar-refractivity contribution in [1.29, 1.82) is 0 Å². The maximum Gasteiger partial charge on any atom is 0.262 e. The van der Waals surface area contributed by atoms with Gasteiger partial charge in [0.15, 0.2) is 6.61 Å². The molecule has 6 heteroatoms. The lowest BCUT2D eigenvalue weighted by molar-refractivity contribution is -0.118. The summed E-state index contributed by atoms with van der Waals surface area (Å²) in [4.78, 5) is 11.9. The fourth-order valence-electron chi connectivity index (χ4n) is 1.79. The van der Waals surface area contributed by atoms with E-state index in [0.717, 1.165) is 5.75 Å². The summed E-state index contributed by atoms with van der Waals surface area (Å²) in [5, 5.41) is 3.20. The van der Waals surface area contributed by atoms with Gasteiger partial charge in [0, 0.05) is 5.02 Å². The molecule has 116 valence electrons. The van der Waals surface area contributed by atoms with Gasteiger partial charge in [0.25, 0.3) is 5.91 Å². The number of carbonyl (C=O) groups is 1. The number of hydrogen-bond acceptors (Lipinski definition) is 4. The molecule has 0 bridgehead atoms. The first-order valence-corrected chi connectivity index (χ1v) is 6.90. The Kier molecular flexibility index (Phi) is 5.49. The minimum Gasteiger partial charge on any atom is -0.497 e. The van der Waals surface area contributed by atoms with Crippen LogP contribution in [-0.4, -0.2) is 26.7 Å². The van der Waals surface area contributed by atoms with Crippen LogP contribution in [0.1, 0.15) is 0 Å². The van der Waals surface area contributed by atoms with E-state index in [2.05, 4.69) is 5.32 Å². The Balaban J connectivity index is 1.94. The maximum absolute atomic E-state index is 11.9. The SMILES string of the molecule is COc1ccc(OCC(=O)Nc2cc(Cl)ccc2OC)cc1. The molecular weight excluding hydrogens is 306 g/mol. The Labute approximate surface area is 133 Å². The molecule has 0 aromatic heterocycles. The smallest absolute Gasteiger partial charge is 0.262 e. The Morgan fingerprint density at radius 2 is 1.73 bits per heavy atom. The fraction of sp³-hybridized carbons (Fsp3) is 0.188. The van der Waals surface area contributed by atoms with Crippen LogP contribution in [-0.2, 0) is 4.79 Å². The highest BCUT2D eigenvalue weighted by atomic mass is 35.5. The molecule has 2 aromatic carbocycles. The lowest BCUT2D eigenvalue weighted by Crippen LogP contribution is -2.20. The highest BCUT2D eigenvalue weighted by Crippen LogP contribution is 2.27. The zero-order valence-electron chi connectivity index (χ0n) is 12.3. The maximum atomic E-state index is 11.9. The molecule has 0 radical (unpaired) electrons. The molecule has 0 fully saturated rings. The van der Waals surface area contributed by atoms with E-state index >= 15 is 0 Å². The first-order valence-electron chi connectivity index (χ1n) is 6.52. The van der Waals surface area contributed by atoms with Gasteiger partial charge < -0.3 is 19.5 Å².